The Labute approximate surface area is 148 Å². The summed E-state index contributed by atoms with van der Waals surface area (Å²) in [6.45, 7) is 0.568. The highest BCUT2D eigenvalue weighted by atomic mass is 35.5. The Kier molecular flexibility index (Phi) is 6.39. The van der Waals surface area contributed by atoms with E-state index < -0.39 is 6.36 Å². The Morgan fingerprint density at radius 2 is 1.72 bits per heavy atom. The second kappa shape index (κ2) is 8.31. The summed E-state index contributed by atoms with van der Waals surface area (Å²) < 4.78 is 51.7. The number of halogens is 4. The fourth-order valence-electron chi connectivity index (χ4n) is 2.29. The van der Waals surface area contributed by atoms with Gasteiger partial charge in [0.2, 0.25) is 0 Å². The maximum Gasteiger partial charge on any atom is 0.573 e. The molecule has 2 aromatic carbocycles. The second-order valence-corrected chi connectivity index (χ2v) is 5.48. The van der Waals surface area contributed by atoms with Crippen molar-refractivity contribution >= 4 is 11.6 Å². The van der Waals surface area contributed by atoms with Crippen LogP contribution in [0.15, 0.2) is 36.4 Å². The third-order valence-corrected chi connectivity index (χ3v) is 3.62. The van der Waals surface area contributed by atoms with Crippen LogP contribution in [-0.2, 0) is 13.1 Å². The van der Waals surface area contributed by atoms with Crippen molar-refractivity contribution in [3.63, 3.8) is 0 Å². The lowest BCUT2D eigenvalue weighted by molar-refractivity contribution is -0.274. The van der Waals surface area contributed by atoms with Crippen molar-refractivity contribution in [3.05, 3.63) is 52.5 Å². The van der Waals surface area contributed by atoms with Gasteiger partial charge in [0.05, 0.1) is 19.2 Å². The average Bonchev–Trinajstić information content (AvgIpc) is 2.54. The maximum atomic E-state index is 12.4. The largest absolute Gasteiger partial charge is 0.573 e. The third-order valence-electron chi connectivity index (χ3n) is 3.34. The Morgan fingerprint density at radius 1 is 1.00 bits per heavy atom. The third kappa shape index (κ3) is 5.44. The van der Waals surface area contributed by atoms with Crippen LogP contribution < -0.4 is 19.5 Å². The van der Waals surface area contributed by atoms with E-state index in [4.69, 9.17) is 21.1 Å². The molecular formula is C17H17ClF3NO3. The molecule has 0 aliphatic carbocycles. The second-order valence-electron chi connectivity index (χ2n) is 5.07. The fourth-order valence-corrected chi connectivity index (χ4v) is 2.60. The van der Waals surface area contributed by atoms with Crippen molar-refractivity contribution in [3.8, 4) is 17.2 Å². The van der Waals surface area contributed by atoms with E-state index in [0.717, 1.165) is 5.56 Å². The van der Waals surface area contributed by atoms with Gasteiger partial charge < -0.3 is 19.5 Å². The SMILES string of the molecule is COc1cc(CNCc2ccccc2OC(F)(F)F)cc(Cl)c1OC. The van der Waals surface area contributed by atoms with Crippen molar-refractivity contribution in [1.29, 1.82) is 0 Å². The molecule has 0 saturated carbocycles. The number of para-hydroxylation sites is 1. The zero-order chi connectivity index (χ0) is 18.4. The molecule has 4 nitrogen and oxygen atoms in total. The van der Waals surface area contributed by atoms with E-state index in [1.807, 2.05) is 0 Å². The van der Waals surface area contributed by atoms with Gasteiger partial charge in [-0.05, 0) is 23.8 Å². The lowest BCUT2D eigenvalue weighted by Crippen LogP contribution is -2.20. The lowest BCUT2D eigenvalue weighted by Gasteiger charge is -2.14. The van der Waals surface area contributed by atoms with Gasteiger partial charge in [0.15, 0.2) is 11.5 Å². The van der Waals surface area contributed by atoms with Crippen molar-refractivity contribution in [1.82, 2.24) is 5.32 Å². The first-order valence-electron chi connectivity index (χ1n) is 7.29. The molecule has 0 aromatic heterocycles. The predicted octanol–water partition coefficient (Wildman–Crippen LogP) is 4.55. The number of hydrogen-bond donors (Lipinski definition) is 1. The van der Waals surface area contributed by atoms with Gasteiger partial charge in [-0.15, -0.1) is 13.2 Å². The summed E-state index contributed by atoms with van der Waals surface area (Å²) in [7, 11) is 2.98. The van der Waals surface area contributed by atoms with Crippen molar-refractivity contribution < 1.29 is 27.4 Å². The van der Waals surface area contributed by atoms with E-state index in [-0.39, 0.29) is 12.3 Å². The summed E-state index contributed by atoms with van der Waals surface area (Å²) in [6, 6.07) is 9.42. The molecule has 1 N–H and O–H groups in total. The molecule has 25 heavy (non-hydrogen) atoms. The average molecular weight is 376 g/mol. The number of rotatable bonds is 7. The minimum atomic E-state index is -4.73. The molecule has 0 fully saturated rings. The van der Waals surface area contributed by atoms with Crippen LogP contribution in [0.4, 0.5) is 13.2 Å². The highest BCUT2D eigenvalue weighted by molar-refractivity contribution is 6.32. The van der Waals surface area contributed by atoms with Gasteiger partial charge in [0, 0.05) is 18.7 Å². The zero-order valence-electron chi connectivity index (χ0n) is 13.6. The number of alkyl halides is 3. The normalized spacial score (nSPS) is 11.3. The molecule has 0 aliphatic rings. The van der Waals surface area contributed by atoms with Crippen LogP contribution in [0, 0.1) is 0 Å². The van der Waals surface area contributed by atoms with E-state index >= 15 is 0 Å². The van der Waals surface area contributed by atoms with Crippen LogP contribution in [0.1, 0.15) is 11.1 Å². The molecule has 0 spiro atoms. The van der Waals surface area contributed by atoms with Crippen LogP contribution in [0.5, 0.6) is 17.2 Å². The molecule has 0 unspecified atom stereocenters. The number of benzene rings is 2. The minimum Gasteiger partial charge on any atom is -0.493 e. The molecule has 0 aliphatic heterocycles. The van der Waals surface area contributed by atoms with Crippen molar-refractivity contribution in [2.24, 2.45) is 0 Å². The van der Waals surface area contributed by atoms with Gasteiger partial charge in [-0.3, -0.25) is 0 Å². The molecule has 2 rings (SSSR count). The van der Waals surface area contributed by atoms with Gasteiger partial charge in [0.1, 0.15) is 5.75 Å². The topological polar surface area (TPSA) is 39.7 Å². The minimum absolute atomic E-state index is 0.193. The van der Waals surface area contributed by atoms with Gasteiger partial charge in [0.25, 0.3) is 0 Å². The molecule has 0 radical (unpaired) electrons. The molecule has 2 aromatic rings. The monoisotopic (exact) mass is 375 g/mol. The highest BCUT2D eigenvalue weighted by Crippen LogP contribution is 2.36. The first-order chi connectivity index (χ1) is 11.8. The lowest BCUT2D eigenvalue weighted by atomic mass is 10.1. The van der Waals surface area contributed by atoms with E-state index in [0.29, 0.717) is 28.6 Å². The molecule has 0 bridgehead atoms. The number of nitrogens with one attached hydrogen (secondary N) is 1. The summed E-state index contributed by atoms with van der Waals surface area (Å²) in [4.78, 5) is 0. The van der Waals surface area contributed by atoms with Gasteiger partial charge in [-0.25, -0.2) is 0 Å². The summed E-state index contributed by atoms with van der Waals surface area (Å²) >= 11 is 6.13. The van der Waals surface area contributed by atoms with Crippen LogP contribution in [0.3, 0.4) is 0 Å². The van der Waals surface area contributed by atoms with Crippen LogP contribution in [0.25, 0.3) is 0 Å². The maximum absolute atomic E-state index is 12.4. The molecule has 0 atom stereocenters. The Morgan fingerprint density at radius 3 is 2.36 bits per heavy atom. The van der Waals surface area contributed by atoms with Gasteiger partial charge >= 0.3 is 6.36 Å². The first-order valence-corrected chi connectivity index (χ1v) is 7.66. The summed E-state index contributed by atoms with van der Waals surface area (Å²) in [5.74, 6) is 0.678. The molecule has 0 heterocycles. The van der Waals surface area contributed by atoms with E-state index in [1.165, 1.54) is 26.4 Å². The van der Waals surface area contributed by atoms with Crippen molar-refractivity contribution in [2.75, 3.05) is 14.2 Å². The Bertz CT molecular complexity index is 723. The predicted molar refractivity (Wildman–Crippen MR) is 88.2 cm³/mol. The first kappa shape index (κ1) is 19.2. The smallest absolute Gasteiger partial charge is 0.493 e. The van der Waals surface area contributed by atoms with E-state index in [2.05, 4.69) is 10.1 Å². The Balaban J connectivity index is 2.05. The highest BCUT2D eigenvalue weighted by Gasteiger charge is 2.31. The molecule has 136 valence electrons. The zero-order valence-corrected chi connectivity index (χ0v) is 14.4. The molecule has 0 saturated heterocycles. The van der Waals surface area contributed by atoms with Gasteiger partial charge in [-0.2, -0.15) is 0 Å². The van der Waals surface area contributed by atoms with E-state index in [9.17, 15) is 13.2 Å². The van der Waals surface area contributed by atoms with E-state index in [1.54, 1.807) is 24.3 Å². The van der Waals surface area contributed by atoms with Crippen molar-refractivity contribution in [2.45, 2.75) is 19.5 Å². The number of methoxy groups -OCH3 is 2. The molecule has 0 amide bonds. The standard InChI is InChI=1S/C17H17ClF3NO3/c1-23-15-8-11(7-13(18)16(15)24-2)9-22-10-12-5-3-4-6-14(12)25-17(19,20)21/h3-8,22H,9-10H2,1-2H3. The summed E-state index contributed by atoms with van der Waals surface area (Å²) in [5, 5.41) is 3.45. The summed E-state index contributed by atoms with van der Waals surface area (Å²) in [5.41, 5.74) is 1.20. The molecular weight excluding hydrogens is 359 g/mol. The van der Waals surface area contributed by atoms with Gasteiger partial charge in [-0.1, -0.05) is 29.8 Å². The fraction of sp³-hybridized carbons (Fsp3) is 0.294. The summed E-state index contributed by atoms with van der Waals surface area (Å²) in [6.07, 6.45) is -4.73. The van der Waals surface area contributed by atoms with Crippen LogP contribution in [0.2, 0.25) is 5.02 Å². The quantitative estimate of drug-likeness (QED) is 0.771. The van der Waals surface area contributed by atoms with Crippen LogP contribution in [-0.4, -0.2) is 20.6 Å². The Hall–Kier alpha value is -2.12. The molecule has 8 heteroatoms. The number of ether oxygens (including phenoxy) is 3. The number of hydrogen-bond acceptors (Lipinski definition) is 4. The van der Waals surface area contributed by atoms with Crippen LogP contribution >= 0.6 is 11.6 Å².